The van der Waals surface area contributed by atoms with E-state index in [9.17, 15) is 4.39 Å². The van der Waals surface area contributed by atoms with E-state index in [1.807, 2.05) is 0 Å². The molecule has 0 aliphatic carbocycles. The lowest BCUT2D eigenvalue weighted by Gasteiger charge is -2.36. The van der Waals surface area contributed by atoms with E-state index in [-0.39, 0.29) is 10.5 Å². The summed E-state index contributed by atoms with van der Waals surface area (Å²) >= 11 is 0. The molecule has 0 bridgehead atoms. The first-order valence-corrected chi connectivity index (χ1v) is 9.74. The molecule has 0 spiro atoms. The van der Waals surface area contributed by atoms with Crippen LogP contribution in [0.25, 0.3) is 0 Å². The molecule has 0 amide bonds. The van der Waals surface area contributed by atoms with Crippen molar-refractivity contribution in [1.82, 2.24) is 0 Å². The van der Waals surface area contributed by atoms with Gasteiger partial charge in [0.1, 0.15) is 5.82 Å². The van der Waals surface area contributed by atoms with Crippen molar-refractivity contribution in [3.05, 3.63) is 29.6 Å². The smallest absolute Gasteiger partial charge is 0.423 e. The Labute approximate surface area is 122 Å². The van der Waals surface area contributed by atoms with Crippen molar-refractivity contribution in [1.29, 1.82) is 0 Å². The lowest BCUT2D eigenvalue weighted by Crippen LogP contribution is -2.41. The number of benzene rings is 1. The van der Waals surface area contributed by atoms with Crippen molar-refractivity contribution in [3.63, 3.8) is 0 Å². The van der Waals surface area contributed by atoms with Crippen molar-refractivity contribution in [2.75, 3.05) is 6.61 Å². The molecule has 0 saturated heterocycles. The molecule has 0 radical (unpaired) electrons. The number of halogens is 1. The van der Waals surface area contributed by atoms with E-state index in [4.69, 9.17) is 14.5 Å². The van der Waals surface area contributed by atoms with Crippen LogP contribution in [0.5, 0.6) is 0 Å². The summed E-state index contributed by atoms with van der Waals surface area (Å²) in [5, 5.41) is 18.1. The van der Waals surface area contributed by atoms with Gasteiger partial charge in [0.05, 0.1) is 0 Å². The largest absolute Gasteiger partial charge is 0.488 e. The average Bonchev–Trinajstić information content (AvgIpc) is 2.29. The molecule has 0 heterocycles. The van der Waals surface area contributed by atoms with Crippen LogP contribution >= 0.6 is 0 Å². The van der Waals surface area contributed by atoms with Gasteiger partial charge in [-0.1, -0.05) is 32.9 Å². The Morgan fingerprint density at radius 1 is 1.25 bits per heavy atom. The number of hydrogen-bond acceptors (Lipinski definition) is 3. The summed E-state index contributed by atoms with van der Waals surface area (Å²) in [6.07, 6.45) is 0.486. The summed E-state index contributed by atoms with van der Waals surface area (Å²) in [4.78, 5) is 0. The Balaban J connectivity index is 2.63. The molecule has 2 N–H and O–H groups in total. The predicted octanol–water partition coefficient (Wildman–Crippen LogP) is 2.07. The summed E-state index contributed by atoms with van der Waals surface area (Å²) in [6, 6.07) is 4.26. The van der Waals surface area contributed by atoms with Gasteiger partial charge >= 0.3 is 7.12 Å². The van der Waals surface area contributed by atoms with Crippen LogP contribution in [0.2, 0.25) is 18.1 Å². The maximum Gasteiger partial charge on any atom is 0.488 e. The summed E-state index contributed by atoms with van der Waals surface area (Å²) in [6.45, 7) is 11.3. The topological polar surface area (TPSA) is 49.7 Å². The fraction of sp³-hybridized carbons (Fsp3) is 0.571. The summed E-state index contributed by atoms with van der Waals surface area (Å²) < 4.78 is 19.8. The normalized spacial score (nSPS) is 12.6. The maximum absolute atomic E-state index is 13.8. The van der Waals surface area contributed by atoms with E-state index in [2.05, 4.69) is 33.9 Å². The molecule has 20 heavy (non-hydrogen) atoms. The fourth-order valence-corrected chi connectivity index (χ4v) is 2.60. The quantitative estimate of drug-likeness (QED) is 0.818. The molecule has 0 atom stereocenters. The molecule has 0 fully saturated rings. The third-order valence-electron chi connectivity index (χ3n) is 4.02. The number of rotatable bonds is 5. The first-order valence-electron chi connectivity index (χ1n) is 6.83. The van der Waals surface area contributed by atoms with Crippen molar-refractivity contribution in [3.8, 4) is 0 Å². The highest BCUT2D eigenvalue weighted by Crippen LogP contribution is 2.36. The molecule has 1 rings (SSSR count). The second-order valence-corrected chi connectivity index (χ2v) is 11.4. The standard InChI is InChI=1S/C14H24BFO3Si/c1-14(2,3)20(4,5)19-9-8-11-6-7-12(15(17)18)10-13(11)16/h6-7,10,17-18H,8-9H2,1-5H3. The van der Waals surface area contributed by atoms with E-state index in [0.717, 1.165) is 6.07 Å². The third kappa shape index (κ3) is 4.41. The Bertz CT molecular complexity index is 458. The number of hydrogen-bond donors (Lipinski definition) is 2. The zero-order chi connectivity index (χ0) is 15.6. The fourth-order valence-electron chi connectivity index (χ4n) is 1.56. The molecular weight excluding hydrogens is 274 g/mol. The van der Waals surface area contributed by atoms with E-state index < -0.39 is 21.3 Å². The molecule has 1 aromatic rings. The molecule has 6 heteroatoms. The van der Waals surface area contributed by atoms with Crippen LogP contribution in [-0.4, -0.2) is 32.1 Å². The van der Waals surface area contributed by atoms with Crippen LogP contribution < -0.4 is 5.46 Å². The van der Waals surface area contributed by atoms with Crippen LogP contribution in [0.1, 0.15) is 26.3 Å². The Kier molecular flexibility index (Phi) is 5.55. The minimum absolute atomic E-state index is 0.135. The average molecular weight is 298 g/mol. The third-order valence-corrected chi connectivity index (χ3v) is 8.55. The summed E-state index contributed by atoms with van der Waals surface area (Å²) in [7, 11) is -3.44. The van der Waals surface area contributed by atoms with Gasteiger partial charge < -0.3 is 14.5 Å². The lowest BCUT2D eigenvalue weighted by molar-refractivity contribution is 0.290. The second kappa shape index (κ2) is 6.39. The van der Waals surface area contributed by atoms with Gasteiger partial charge in [-0.2, -0.15) is 0 Å². The van der Waals surface area contributed by atoms with Crippen LogP contribution in [0.4, 0.5) is 4.39 Å². The van der Waals surface area contributed by atoms with Crippen molar-refractivity contribution < 1.29 is 18.9 Å². The monoisotopic (exact) mass is 298 g/mol. The minimum Gasteiger partial charge on any atom is -0.423 e. The Hall–Kier alpha value is -0.688. The van der Waals surface area contributed by atoms with Gasteiger partial charge in [0.25, 0.3) is 0 Å². The summed E-state index contributed by atoms with van der Waals surface area (Å²) in [5.41, 5.74) is 0.699. The van der Waals surface area contributed by atoms with Gasteiger partial charge in [0.2, 0.25) is 0 Å². The van der Waals surface area contributed by atoms with Crippen molar-refractivity contribution >= 4 is 20.9 Å². The Morgan fingerprint density at radius 3 is 2.30 bits per heavy atom. The van der Waals surface area contributed by atoms with Crippen LogP contribution in [-0.2, 0) is 10.8 Å². The van der Waals surface area contributed by atoms with Crippen molar-refractivity contribution in [2.45, 2.75) is 45.3 Å². The van der Waals surface area contributed by atoms with E-state index >= 15 is 0 Å². The molecule has 0 aliphatic rings. The van der Waals surface area contributed by atoms with Gasteiger partial charge in [0.15, 0.2) is 8.32 Å². The molecule has 0 saturated carbocycles. The van der Waals surface area contributed by atoms with Gasteiger partial charge in [0, 0.05) is 6.61 Å². The molecule has 112 valence electrons. The molecule has 1 aromatic carbocycles. The molecule has 0 unspecified atom stereocenters. The molecule has 0 aliphatic heterocycles. The van der Waals surface area contributed by atoms with Gasteiger partial charge in [-0.3, -0.25) is 0 Å². The van der Waals surface area contributed by atoms with Crippen LogP contribution in [0.15, 0.2) is 18.2 Å². The van der Waals surface area contributed by atoms with E-state index in [1.54, 1.807) is 6.07 Å². The summed E-state index contributed by atoms with van der Waals surface area (Å²) in [5.74, 6) is -0.422. The zero-order valence-corrected chi connectivity index (χ0v) is 13.9. The molecular formula is C14H24BFO3Si. The molecule has 0 aromatic heterocycles. The van der Waals surface area contributed by atoms with E-state index in [0.29, 0.717) is 18.6 Å². The van der Waals surface area contributed by atoms with Gasteiger partial charge in [-0.05, 0) is 41.6 Å². The lowest BCUT2D eigenvalue weighted by atomic mass is 9.80. The predicted molar refractivity (Wildman–Crippen MR) is 83.1 cm³/mol. The van der Waals surface area contributed by atoms with Crippen molar-refractivity contribution in [2.24, 2.45) is 0 Å². The Morgan fingerprint density at radius 2 is 1.85 bits per heavy atom. The van der Waals surface area contributed by atoms with Crippen LogP contribution in [0.3, 0.4) is 0 Å². The SMILES string of the molecule is CC(C)(C)[Si](C)(C)OCCc1ccc(B(O)O)cc1F. The second-order valence-electron chi connectivity index (χ2n) is 6.58. The van der Waals surface area contributed by atoms with Gasteiger partial charge in [-0.15, -0.1) is 0 Å². The highest BCUT2D eigenvalue weighted by atomic mass is 28.4. The van der Waals surface area contributed by atoms with Crippen LogP contribution in [0, 0.1) is 5.82 Å². The van der Waals surface area contributed by atoms with Gasteiger partial charge in [-0.25, -0.2) is 4.39 Å². The van der Waals surface area contributed by atoms with E-state index in [1.165, 1.54) is 6.07 Å². The molecule has 3 nitrogen and oxygen atoms in total. The first-order chi connectivity index (χ1) is 9.04. The zero-order valence-electron chi connectivity index (χ0n) is 12.9. The highest BCUT2D eigenvalue weighted by Gasteiger charge is 2.36. The minimum atomic E-state index is -1.81. The maximum atomic E-state index is 13.8. The highest BCUT2D eigenvalue weighted by molar-refractivity contribution is 6.74. The first kappa shape index (κ1) is 17.4.